The van der Waals surface area contributed by atoms with Crippen LogP contribution in [0.4, 0.5) is 0 Å². The van der Waals surface area contributed by atoms with Crippen molar-refractivity contribution in [3.8, 4) is 0 Å². The number of hydrogen-bond acceptors (Lipinski definition) is 2. The van der Waals surface area contributed by atoms with E-state index in [1.807, 2.05) is 0 Å². The Labute approximate surface area is 74.9 Å². The van der Waals surface area contributed by atoms with Gasteiger partial charge < -0.3 is 9.64 Å². The van der Waals surface area contributed by atoms with Gasteiger partial charge in [-0.2, -0.15) is 6.92 Å². The van der Waals surface area contributed by atoms with E-state index in [2.05, 4.69) is 18.9 Å². The van der Waals surface area contributed by atoms with Gasteiger partial charge in [-0.25, -0.2) is 0 Å². The predicted molar refractivity (Wildman–Crippen MR) is 48.9 cm³/mol. The standard InChI is InChI=1S/C10H18NO.Lr/c1-9-7-10(12-8-9)3-5-11(2)6-4-10;/h3-8H2,1-2H3;/q-1;. The third-order valence-electron chi connectivity index (χ3n) is 3.15. The molecule has 2 rings (SSSR count). The Kier molecular flexibility index (Phi) is 2.58. The molecule has 0 bridgehead atoms. The van der Waals surface area contributed by atoms with Gasteiger partial charge in [0, 0.05) is 18.7 Å². The Morgan fingerprint density at radius 3 is 2.38 bits per heavy atom. The van der Waals surface area contributed by atoms with Crippen LogP contribution in [0.2, 0.25) is 0 Å². The van der Waals surface area contributed by atoms with Crippen LogP contribution < -0.4 is 0 Å². The van der Waals surface area contributed by atoms with Crippen molar-refractivity contribution in [3.63, 3.8) is 0 Å². The van der Waals surface area contributed by atoms with E-state index in [4.69, 9.17) is 4.74 Å². The van der Waals surface area contributed by atoms with Crippen molar-refractivity contribution in [2.75, 3.05) is 26.7 Å². The molecule has 0 aromatic carbocycles. The molecule has 0 aliphatic carbocycles. The van der Waals surface area contributed by atoms with Gasteiger partial charge in [0.05, 0.1) is 0 Å². The smallest absolute Gasteiger partial charge is 0.0407 e. The summed E-state index contributed by atoms with van der Waals surface area (Å²) in [6.45, 7) is 5.53. The first-order chi connectivity index (χ1) is 5.70. The summed E-state index contributed by atoms with van der Waals surface area (Å²) in [4.78, 5) is 2.39. The summed E-state index contributed by atoms with van der Waals surface area (Å²) in [5, 5.41) is 0. The first-order valence-electron chi connectivity index (χ1n) is 4.84. The maximum Gasteiger partial charge on any atom is 0.0407 e. The summed E-state index contributed by atoms with van der Waals surface area (Å²) in [6.07, 6.45) is 3.66. The average Bonchev–Trinajstić information content (AvgIpc) is 2.40. The van der Waals surface area contributed by atoms with E-state index in [0.717, 1.165) is 6.61 Å². The molecule has 3 heteroatoms. The molecule has 2 nitrogen and oxygen atoms in total. The fourth-order valence-electron chi connectivity index (χ4n) is 2.28. The van der Waals surface area contributed by atoms with Gasteiger partial charge in [-0.05, 0) is 19.9 Å². The molecule has 2 fully saturated rings. The van der Waals surface area contributed by atoms with Crippen molar-refractivity contribution in [1.29, 1.82) is 0 Å². The molecule has 0 aromatic heterocycles. The molecule has 13 heavy (non-hydrogen) atoms. The van der Waals surface area contributed by atoms with E-state index in [0.29, 0.717) is 0 Å². The van der Waals surface area contributed by atoms with E-state index < -0.39 is 0 Å². The minimum absolute atomic E-state index is 0. The van der Waals surface area contributed by atoms with Gasteiger partial charge in [0.1, 0.15) is 0 Å². The van der Waals surface area contributed by atoms with E-state index in [-0.39, 0.29) is 5.60 Å². The number of hydrogen-bond donors (Lipinski definition) is 0. The Morgan fingerprint density at radius 1 is 1.31 bits per heavy atom. The molecule has 0 atom stereocenters. The topological polar surface area (TPSA) is 12.5 Å². The Balaban J connectivity index is 0.000000845. The SMILES string of the molecule is C[C-]1COC2(CCN(C)CC2)C1.[Lr]. The second-order valence-electron chi connectivity index (χ2n) is 4.41. The van der Waals surface area contributed by atoms with E-state index in [1.54, 1.807) is 0 Å². The zero-order chi connectivity index (χ0) is 8.60. The summed E-state index contributed by atoms with van der Waals surface area (Å²) in [5.41, 5.74) is 0.247. The van der Waals surface area contributed by atoms with Crippen molar-refractivity contribution in [2.45, 2.75) is 31.8 Å². The fourth-order valence-corrected chi connectivity index (χ4v) is 2.28. The second-order valence-corrected chi connectivity index (χ2v) is 4.41. The van der Waals surface area contributed by atoms with Gasteiger partial charge >= 0.3 is 0 Å². The van der Waals surface area contributed by atoms with Gasteiger partial charge in [0.2, 0.25) is 0 Å². The molecule has 2 saturated heterocycles. The van der Waals surface area contributed by atoms with E-state index in [1.165, 1.54) is 38.3 Å². The van der Waals surface area contributed by atoms with Crippen molar-refractivity contribution < 1.29 is 4.74 Å². The summed E-state index contributed by atoms with van der Waals surface area (Å²) in [6, 6.07) is 0. The number of piperidine rings is 1. The molecule has 1 spiro atoms. The van der Waals surface area contributed by atoms with Crippen LogP contribution in [0.15, 0.2) is 0 Å². The molecule has 0 unspecified atom stereocenters. The first kappa shape index (κ1) is 10.0. The molecule has 1 radical (unpaired) electrons. The number of ether oxygens (including phenoxy) is 1. The van der Waals surface area contributed by atoms with Gasteiger partial charge in [-0.15, -0.1) is 6.42 Å². The third-order valence-corrected chi connectivity index (χ3v) is 3.15. The molecule has 2 heterocycles. The quantitative estimate of drug-likeness (QED) is 0.540. The minimum atomic E-state index is 0. The van der Waals surface area contributed by atoms with Crippen molar-refractivity contribution in [3.05, 3.63) is 5.92 Å². The molecule has 0 saturated carbocycles. The Hall–Kier alpha value is -1.08. The predicted octanol–water partition coefficient (Wildman–Crippen LogP) is 1.47. The van der Waals surface area contributed by atoms with Crippen molar-refractivity contribution >= 4 is 0 Å². The van der Waals surface area contributed by atoms with Crippen molar-refractivity contribution in [1.82, 2.24) is 4.90 Å². The van der Waals surface area contributed by atoms with Gasteiger partial charge in [-0.1, -0.05) is 6.61 Å². The van der Waals surface area contributed by atoms with E-state index in [9.17, 15) is 0 Å². The van der Waals surface area contributed by atoms with Crippen molar-refractivity contribution in [2.24, 2.45) is 0 Å². The normalized spacial score (nSPS) is 29.1. The molecular formula is C10H18LrNO-. The summed E-state index contributed by atoms with van der Waals surface area (Å²) < 4.78 is 5.88. The largest absolute Gasteiger partial charge is 0.409 e. The Morgan fingerprint density at radius 2 is 1.92 bits per heavy atom. The third kappa shape index (κ3) is 1.81. The van der Waals surface area contributed by atoms with Crippen LogP contribution in [0, 0.1) is 5.92 Å². The van der Waals surface area contributed by atoms with Gasteiger partial charge in [0.15, 0.2) is 0 Å². The van der Waals surface area contributed by atoms with Crippen LogP contribution in [0.3, 0.4) is 0 Å². The Bertz CT molecular complexity index is 166. The maximum absolute atomic E-state index is 5.88. The molecular weight excluding hydrogens is 412 g/mol. The average molecular weight is 430 g/mol. The zero-order valence-corrected chi connectivity index (χ0v) is 10.5. The summed E-state index contributed by atoms with van der Waals surface area (Å²) >= 11 is 0. The van der Waals surface area contributed by atoms with Crippen LogP contribution >= 0.6 is 0 Å². The van der Waals surface area contributed by atoms with E-state index >= 15 is 0 Å². The van der Waals surface area contributed by atoms with Crippen LogP contribution in [0.1, 0.15) is 26.2 Å². The minimum Gasteiger partial charge on any atom is -0.409 e. The van der Waals surface area contributed by atoms with Crippen LogP contribution in [-0.4, -0.2) is 37.2 Å². The molecule has 85 valence electrons. The number of likely N-dealkylation sites (tertiary alicyclic amines) is 1. The van der Waals surface area contributed by atoms with Crippen LogP contribution in [-0.2, 0) is 4.74 Å². The molecule has 2 aliphatic rings. The van der Waals surface area contributed by atoms with Gasteiger partial charge in [-0.3, -0.25) is 5.92 Å². The monoisotopic (exact) mass is 430 g/mol. The summed E-state index contributed by atoms with van der Waals surface area (Å²) in [7, 11) is 2.19. The van der Waals surface area contributed by atoms with Crippen LogP contribution in [0.5, 0.6) is 0 Å². The fraction of sp³-hybridized carbons (Fsp3) is 0.900. The second kappa shape index (κ2) is 3.35. The first-order valence-corrected chi connectivity index (χ1v) is 4.84. The number of nitrogens with zero attached hydrogens (tertiary/aromatic N) is 1. The number of rotatable bonds is 0. The summed E-state index contributed by atoms with van der Waals surface area (Å²) in [5.74, 6) is 1.53. The molecule has 0 aromatic rings. The molecule has 0 amide bonds. The molecule has 2 aliphatic heterocycles. The van der Waals surface area contributed by atoms with Gasteiger partial charge in [0.25, 0.3) is 0 Å². The van der Waals surface area contributed by atoms with Crippen LogP contribution in [0.25, 0.3) is 0 Å². The zero-order valence-electron chi connectivity index (χ0n) is 8.36. The molecule has 0 N–H and O–H groups in total. The maximum atomic E-state index is 5.88.